The molecule has 9 heteroatoms. The first kappa shape index (κ1) is 20.7. The van der Waals surface area contributed by atoms with Crippen LogP contribution in [0.1, 0.15) is 19.8 Å². The monoisotopic (exact) mass is 420 g/mol. The van der Waals surface area contributed by atoms with Gasteiger partial charge in [-0.15, -0.1) is 5.10 Å². The van der Waals surface area contributed by atoms with E-state index in [0.717, 1.165) is 54.2 Å². The summed E-state index contributed by atoms with van der Waals surface area (Å²) in [6.07, 6.45) is 8.01. The van der Waals surface area contributed by atoms with Crippen LogP contribution in [0.15, 0.2) is 55.1 Å². The highest BCUT2D eigenvalue weighted by Crippen LogP contribution is 2.24. The lowest BCUT2D eigenvalue weighted by molar-refractivity contribution is 0.414. The fraction of sp³-hybridized carbons (Fsp3) is 0.318. The topological polar surface area (TPSA) is 98.5 Å². The van der Waals surface area contributed by atoms with Crippen molar-refractivity contribution in [2.45, 2.75) is 19.8 Å². The minimum absolute atomic E-state index is 0.719. The van der Waals surface area contributed by atoms with Crippen molar-refractivity contribution in [3.8, 4) is 11.4 Å². The molecule has 1 saturated heterocycles. The van der Waals surface area contributed by atoms with E-state index in [-0.39, 0.29) is 0 Å². The Labute approximate surface area is 181 Å². The third-order valence-corrected chi connectivity index (χ3v) is 4.95. The highest BCUT2D eigenvalue weighted by molar-refractivity contribution is 5.73. The van der Waals surface area contributed by atoms with Gasteiger partial charge < -0.3 is 25.3 Å². The molecule has 1 aromatic carbocycles. The molecule has 0 aliphatic carbocycles. The third kappa shape index (κ3) is 4.61. The van der Waals surface area contributed by atoms with E-state index in [1.807, 2.05) is 64.8 Å². The maximum atomic E-state index is 5.31. The van der Waals surface area contributed by atoms with E-state index >= 15 is 0 Å². The van der Waals surface area contributed by atoms with Gasteiger partial charge in [-0.25, -0.2) is 9.50 Å². The molecule has 0 bridgehead atoms. The number of fused-ring (bicyclic) bond motifs is 1. The molecule has 162 valence electrons. The van der Waals surface area contributed by atoms with Gasteiger partial charge >= 0.3 is 0 Å². The van der Waals surface area contributed by atoms with Crippen molar-refractivity contribution in [1.29, 1.82) is 0 Å². The van der Waals surface area contributed by atoms with Crippen LogP contribution in [-0.4, -0.2) is 50.9 Å². The second kappa shape index (κ2) is 9.48. The quantitative estimate of drug-likeness (QED) is 0.511. The molecule has 1 aliphatic heterocycles. The number of rotatable bonds is 5. The maximum absolute atomic E-state index is 5.31. The van der Waals surface area contributed by atoms with Gasteiger partial charge in [-0.3, -0.25) is 0 Å². The molecular formula is C22H28N8O. The van der Waals surface area contributed by atoms with Gasteiger partial charge in [-0.2, -0.15) is 4.98 Å². The Bertz CT molecular complexity index is 1130. The molecule has 0 saturated carbocycles. The molecule has 1 fully saturated rings. The molecular weight excluding hydrogens is 392 g/mol. The van der Waals surface area contributed by atoms with Gasteiger partial charge in [0.05, 0.1) is 19.0 Å². The Morgan fingerprint density at radius 1 is 1.16 bits per heavy atom. The van der Waals surface area contributed by atoms with Crippen LogP contribution in [0.25, 0.3) is 11.2 Å². The predicted octanol–water partition coefficient (Wildman–Crippen LogP) is 3.23. The van der Waals surface area contributed by atoms with Gasteiger partial charge in [-0.1, -0.05) is 13.0 Å². The normalized spacial score (nSPS) is 13.2. The van der Waals surface area contributed by atoms with E-state index < -0.39 is 0 Å². The SMILES string of the molecule is CCN.COc1cccc(-n2cnc(Nc3nc(N4CCCC4)nn4cccc34)c2)c1. The number of methoxy groups -OCH3 is 1. The van der Waals surface area contributed by atoms with E-state index in [1.54, 1.807) is 13.4 Å². The molecule has 3 N–H and O–H groups in total. The molecule has 4 heterocycles. The van der Waals surface area contributed by atoms with Gasteiger partial charge in [0.25, 0.3) is 0 Å². The number of hydrogen-bond donors (Lipinski definition) is 2. The number of imidazole rings is 1. The van der Waals surface area contributed by atoms with Crippen LogP contribution in [0.3, 0.4) is 0 Å². The Morgan fingerprint density at radius 2 is 1.97 bits per heavy atom. The number of nitrogens with one attached hydrogen (secondary N) is 1. The van der Waals surface area contributed by atoms with Gasteiger partial charge in [0, 0.05) is 25.4 Å². The number of aromatic nitrogens is 5. The molecule has 0 unspecified atom stereocenters. The van der Waals surface area contributed by atoms with Gasteiger partial charge in [-0.05, 0) is 43.7 Å². The van der Waals surface area contributed by atoms with Crippen LogP contribution in [0.5, 0.6) is 5.75 Å². The number of ether oxygens (including phenoxy) is 1. The van der Waals surface area contributed by atoms with Crippen LogP contribution in [0.4, 0.5) is 17.6 Å². The number of nitrogens with two attached hydrogens (primary N) is 1. The Balaban J connectivity index is 0.000000730. The first-order chi connectivity index (χ1) is 15.2. The molecule has 0 amide bonds. The second-order valence-corrected chi connectivity index (χ2v) is 7.19. The number of anilines is 3. The van der Waals surface area contributed by atoms with Crippen LogP contribution >= 0.6 is 0 Å². The zero-order valence-electron chi connectivity index (χ0n) is 17.9. The summed E-state index contributed by atoms with van der Waals surface area (Å²) >= 11 is 0. The minimum Gasteiger partial charge on any atom is -0.497 e. The first-order valence-electron chi connectivity index (χ1n) is 10.5. The number of nitrogens with zero attached hydrogens (tertiary/aromatic N) is 6. The Kier molecular flexibility index (Phi) is 6.32. The van der Waals surface area contributed by atoms with Crippen LogP contribution in [-0.2, 0) is 0 Å². The Morgan fingerprint density at radius 3 is 2.74 bits per heavy atom. The molecule has 9 nitrogen and oxygen atoms in total. The van der Waals surface area contributed by atoms with Crippen molar-refractivity contribution < 1.29 is 4.74 Å². The summed E-state index contributed by atoms with van der Waals surface area (Å²) < 4.78 is 9.12. The average molecular weight is 421 g/mol. The maximum Gasteiger partial charge on any atom is 0.245 e. The van der Waals surface area contributed by atoms with Crippen LogP contribution in [0.2, 0.25) is 0 Å². The zero-order chi connectivity index (χ0) is 21.6. The van der Waals surface area contributed by atoms with E-state index in [0.29, 0.717) is 0 Å². The second-order valence-electron chi connectivity index (χ2n) is 7.19. The zero-order valence-corrected chi connectivity index (χ0v) is 17.9. The molecule has 0 atom stereocenters. The summed E-state index contributed by atoms with van der Waals surface area (Å²) in [4.78, 5) is 11.5. The lowest BCUT2D eigenvalue weighted by Crippen LogP contribution is -2.22. The third-order valence-electron chi connectivity index (χ3n) is 4.95. The standard InChI is InChI=1S/C20H21N7O.C2H7N/c1-28-16-7-4-6-15(12-16)26-13-18(21-14-26)22-19-17-8-5-11-27(17)24-20(23-19)25-9-2-3-10-25;1-2-3/h4-8,11-14H,2-3,9-10H2,1H3,(H,22,23,24);2-3H2,1H3. The van der Waals surface area contributed by atoms with Crippen molar-refractivity contribution in [2.75, 3.05) is 37.0 Å². The van der Waals surface area contributed by atoms with Crippen molar-refractivity contribution in [1.82, 2.24) is 24.1 Å². The minimum atomic E-state index is 0.719. The molecule has 1 aliphatic rings. The molecule has 0 spiro atoms. The first-order valence-corrected chi connectivity index (χ1v) is 10.5. The fourth-order valence-electron chi connectivity index (χ4n) is 3.49. The smallest absolute Gasteiger partial charge is 0.245 e. The summed E-state index contributed by atoms with van der Waals surface area (Å²) in [6.45, 7) is 4.65. The summed E-state index contributed by atoms with van der Waals surface area (Å²) in [6, 6.07) is 11.8. The number of benzene rings is 1. The lowest BCUT2D eigenvalue weighted by atomic mass is 10.3. The van der Waals surface area contributed by atoms with Gasteiger partial charge in [0.1, 0.15) is 23.4 Å². The largest absolute Gasteiger partial charge is 0.497 e. The highest BCUT2D eigenvalue weighted by atomic mass is 16.5. The molecule has 3 aromatic heterocycles. The molecule has 0 radical (unpaired) electrons. The van der Waals surface area contributed by atoms with Crippen molar-refractivity contribution in [2.24, 2.45) is 5.73 Å². The van der Waals surface area contributed by atoms with Gasteiger partial charge in [0.15, 0.2) is 5.82 Å². The number of hydrogen-bond acceptors (Lipinski definition) is 7. The van der Waals surface area contributed by atoms with Gasteiger partial charge in [0.2, 0.25) is 5.95 Å². The van der Waals surface area contributed by atoms with E-state index in [1.165, 1.54) is 12.8 Å². The Hall–Kier alpha value is -3.59. The van der Waals surface area contributed by atoms with E-state index in [4.69, 9.17) is 15.5 Å². The average Bonchev–Trinajstić information content (AvgIpc) is 3.55. The lowest BCUT2D eigenvalue weighted by Gasteiger charge is -2.16. The van der Waals surface area contributed by atoms with Crippen LogP contribution < -0.4 is 20.7 Å². The predicted molar refractivity (Wildman–Crippen MR) is 123 cm³/mol. The molecule has 4 aromatic rings. The van der Waals surface area contributed by atoms with E-state index in [9.17, 15) is 0 Å². The van der Waals surface area contributed by atoms with E-state index in [2.05, 4.69) is 20.3 Å². The molecule has 5 rings (SSSR count). The summed E-state index contributed by atoms with van der Waals surface area (Å²) in [5.41, 5.74) is 6.74. The fourth-order valence-corrected chi connectivity index (χ4v) is 3.49. The summed E-state index contributed by atoms with van der Waals surface area (Å²) in [7, 11) is 1.66. The summed E-state index contributed by atoms with van der Waals surface area (Å²) in [5, 5.41) is 8.00. The van der Waals surface area contributed by atoms with Crippen molar-refractivity contribution >= 4 is 23.1 Å². The molecule has 31 heavy (non-hydrogen) atoms. The van der Waals surface area contributed by atoms with Crippen molar-refractivity contribution in [3.05, 3.63) is 55.1 Å². The summed E-state index contributed by atoms with van der Waals surface area (Å²) in [5.74, 6) is 3.02. The van der Waals surface area contributed by atoms with Crippen molar-refractivity contribution in [3.63, 3.8) is 0 Å². The highest BCUT2D eigenvalue weighted by Gasteiger charge is 2.18. The van der Waals surface area contributed by atoms with Crippen LogP contribution in [0, 0.1) is 0 Å².